The summed E-state index contributed by atoms with van der Waals surface area (Å²) < 4.78 is 25.9. The molecule has 1 aliphatic heterocycles. The number of carbonyl (C=O) groups is 2. The minimum atomic E-state index is -1.01. The van der Waals surface area contributed by atoms with Crippen molar-refractivity contribution in [2.24, 2.45) is 4.99 Å². The molecule has 7 nitrogen and oxygen atoms in total. The van der Waals surface area contributed by atoms with Crippen molar-refractivity contribution in [2.45, 2.75) is 13.2 Å². The van der Waals surface area contributed by atoms with Gasteiger partial charge in [-0.3, -0.25) is 9.69 Å². The largest absolute Gasteiger partial charge is 0.497 e. The first-order valence-electron chi connectivity index (χ1n) is 12.7. The number of methoxy groups -OCH3 is 1. The summed E-state index contributed by atoms with van der Waals surface area (Å²) in [5.41, 5.74) is 2.86. The van der Waals surface area contributed by atoms with E-state index < -0.39 is 5.97 Å². The molecule has 1 heterocycles. The van der Waals surface area contributed by atoms with Gasteiger partial charge >= 0.3 is 5.97 Å². The summed E-state index contributed by atoms with van der Waals surface area (Å²) in [6.45, 7) is 0.323. The third-order valence-corrected chi connectivity index (χ3v) is 8.17. The van der Waals surface area contributed by atoms with Crippen LogP contribution in [0.25, 0.3) is 6.08 Å². The van der Waals surface area contributed by atoms with Gasteiger partial charge in [0.05, 0.1) is 33.4 Å². The third kappa shape index (κ3) is 7.00. The van der Waals surface area contributed by atoms with Gasteiger partial charge in [0, 0.05) is 5.56 Å². The van der Waals surface area contributed by atoms with E-state index in [4.69, 9.17) is 14.5 Å². The van der Waals surface area contributed by atoms with E-state index in [-0.39, 0.29) is 30.4 Å². The molecule has 0 atom stereocenters. The summed E-state index contributed by atoms with van der Waals surface area (Å²) in [5.74, 6) is -0.246. The second-order valence-corrected chi connectivity index (χ2v) is 11.3. The standard InChI is InChI=1S/C32H24FIN2O5S/c1-40-25-13-11-24(12-14-25)35-32-36(18-20-6-9-22(10-7-20)31(38)39)30(37)29(42-32)17-21-8-15-28(27(34)16-21)41-19-23-4-2-3-5-26(23)33/h2-17H,18-19H2,1H3,(H,38,39)/b29-17-,35-32?. The lowest BCUT2D eigenvalue weighted by Crippen LogP contribution is -2.28. The maximum atomic E-state index is 14.0. The molecule has 0 aliphatic carbocycles. The van der Waals surface area contributed by atoms with Gasteiger partial charge in [0.25, 0.3) is 5.91 Å². The van der Waals surface area contributed by atoms with E-state index in [1.54, 1.807) is 78.7 Å². The highest BCUT2D eigenvalue weighted by Crippen LogP contribution is 2.36. The number of amides is 1. The molecular formula is C32H24FIN2O5S. The minimum absolute atomic E-state index is 0.102. The molecule has 0 spiro atoms. The number of carbonyl (C=O) groups excluding carboxylic acids is 1. The fourth-order valence-electron chi connectivity index (χ4n) is 4.08. The molecule has 0 radical (unpaired) electrons. The Morgan fingerprint density at radius 2 is 1.79 bits per heavy atom. The number of aliphatic imine (C=N–C) groups is 1. The van der Waals surface area contributed by atoms with Crippen LogP contribution in [0.4, 0.5) is 10.1 Å². The van der Waals surface area contributed by atoms with E-state index in [1.807, 2.05) is 12.1 Å². The van der Waals surface area contributed by atoms with Crippen molar-refractivity contribution in [2.75, 3.05) is 7.11 Å². The van der Waals surface area contributed by atoms with E-state index in [2.05, 4.69) is 22.6 Å². The number of benzene rings is 4. The molecule has 42 heavy (non-hydrogen) atoms. The van der Waals surface area contributed by atoms with Gasteiger partial charge in [0.1, 0.15) is 23.9 Å². The van der Waals surface area contributed by atoms with E-state index in [9.17, 15) is 19.1 Å². The second kappa shape index (κ2) is 13.2. The number of carboxylic acid groups (broad SMARTS) is 1. The number of rotatable bonds is 9. The molecule has 1 fully saturated rings. The molecular weight excluding hydrogens is 670 g/mol. The van der Waals surface area contributed by atoms with Crippen LogP contribution in [-0.2, 0) is 17.9 Å². The smallest absolute Gasteiger partial charge is 0.335 e. The lowest BCUT2D eigenvalue weighted by molar-refractivity contribution is -0.122. The number of amidine groups is 1. The van der Waals surface area contributed by atoms with Crippen LogP contribution in [0.1, 0.15) is 27.0 Å². The number of aromatic carboxylic acids is 1. The zero-order valence-corrected chi connectivity index (χ0v) is 25.3. The third-order valence-electron chi connectivity index (χ3n) is 6.32. The van der Waals surface area contributed by atoms with Crippen LogP contribution in [-0.4, -0.2) is 34.2 Å². The maximum Gasteiger partial charge on any atom is 0.335 e. The fraction of sp³-hybridized carbons (Fsp3) is 0.0938. The first-order chi connectivity index (χ1) is 20.3. The quantitative estimate of drug-likeness (QED) is 0.144. The Balaban J connectivity index is 1.40. The van der Waals surface area contributed by atoms with Crippen LogP contribution in [0.3, 0.4) is 0 Å². The average molecular weight is 695 g/mol. The highest BCUT2D eigenvalue weighted by molar-refractivity contribution is 14.1. The number of ether oxygens (including phenoxy) is 2. The van der Waals surface area contributed by atoms with Crippen molar-refractivity contribution in [1.82, 2.24) is 4.90 Å². The van der Waals surface area contributed by atoms with E-state index in [0.717, 1.165) is 14.7 Å². The monoisotopic (exact) mass is 694 g/mol. The summed E-state index contributed by atoms with van der Waals surface area (Å²) >= 11 is 3.41. The van der Waals surface area contributed by atoms with Crippen molar-refractivity contribution in [3.63, 3.8) is 0 Å². The van der Waals surface area contributed by atoms with Crippen LogP contribution in [0.15, 0.2) is 101 Å². The Morgan fingerprint density at radius 3 is 2.45 bits per heavy atom. The van der Waals surface area contributed by atoms with Crippen molar-refractivity contribution in [1.29, 1.82) is 0 Å². The Morgan fingerprint density at radius 1 is 1.05 bits per heavy atom. The molecule has 0 aromatic heterocycles. The first-order valence-corrected chi connectivity index (χ1v) is 14.6. The van der Waals surface area contributed by atoms with Gasteiger partial charge in [-0.1, -0.05) is 36.4 Å². The molecule has 0 unspecified atom stereocenters. The maximum absolute atomic E-state index is 14.0. The number of hydrogen-bond donors (Lipinski definition) is 1. The van der Waals surface area contributed by atoms with Gasteiger partial charge in [-0.05, 0) is 106 Å². The van der Waals surface area contributed by atoms with Crippen LogP contribution < -0.4 is 9.47 Å². The molecule has 10 heteroatoms. The molecule has 1 amide bonds. The summed E-state index contributed by atoms with van der Waals surface area (Å²) in [6.07, 6.45) is 1.80. The van der Waals surface area contributed by atoms with Crippen molar-refractivity contribution >= 4 is 63.2 Å². The van der Waals surface area contributed by atoms with Gasteiger partial charge in [0.15, 0.2) is 5.17 Å². The molecule has 0 bridgehead atoms. The average Bonchev–Trinajstić information content (AvgIpc) is 3.27. The van der Waals surface area contributed by atoms with Gasteiger partial charge < -0.3 is 14.6 Å². The lowest BCUT2D eigenvalue weighted by atomic mass is 10.1. The number of nitrogens with zero attached hydrogens (tertiary/aromatic N) is 2. The number of hydrogen-bond acceptors (Lipinski definition) is 6. The van der Waals surface area contributed by atoms with Crippen LogP contribution in [0.2, 0.25) is 0 Å². The molecule has 5 rings (SSSR count). The summed E-state index contributed by atoms with van der Waals surface area (Å²) in [6, 6.07) is 25.6. The summed E-state index contributed by atoms with van der Waals surface area (Å²) in [4.78, 5) is 31.7. The fourth-order valence-corrected chi connectivity index (χ4v) is 5.77. The van der Waals surface area contributed by atoms with Gasteiger partial charge in [-0.15, -0.1) is 0 Å². The zero-order chi connectivity index (χ0) is 29.6. The molecule has 1 N–H and O–H groups in total. The van der Waals surface area contributed by atoms with Crippen LogP contribution in [0, 0.1) is 9.39 Å². The predicted octanol–water partition coefficient (Wildman–Crippen LogP) is 7.52. The highest BCUT2D eigenvalue weighted by Gasteiger charge is 2.33. The number of halogens is 2. The van der Waals surface area contributed by atoms with Crippen molar-refractivity contribution in [3.8, 4) is 11.5 Å². The van der Waals surface area contributed by atoms with Crippen LogP contribution in [0.5, 0.6) is 11.5 Å². The molecule has 1 aliphatic rings. The Labute approximate surface area is 259 Å². The van der Waals surface area contributed by atoms with E-state index in [0.29, 0.717) is 32.8 Å². The summed E-state index contributed by atoms with van der Waals surface area (Å²) in [5, 5.41) is 9.72. The van der Waals surface area contributed by atoms with Crippen LogP contribution >= 0.6 is 34.4 Å². The lowest BCUT2D eigenvalue weighted by Gasteiger charge is -2.16. The van der Waals surface area contributed by atoms with Gasteiger partial charge in [0.2, 0.25) is 0 Å². The molecule has 1 saturated heterocycles. The number of thioether (sulfide) groups is 1. The van der Waals surface area contributed by atoms with E-state index >= 15 is 0 Å². The van der Waals surface area contributed by atoms with E-state index in [1.165, 1.54) is 30.0 Å². The SMILES string of the molecule is COc1ccc(N=C2S/C(=C\c3ccc(OCc4ccccc4F)c(I)c3)C(=O)N2Cc2ccc(C(=O)O)cc2)cc1. The molecule has 0 saturated carbocycles. The Kier molecular flexibility index (Phi) is 9.23. The Bertz CT molecular complexity index is 1690. The second-order valence-electron chi connectivity index (χ2n) is 9.17. The minimum Gasteiger partial charge on any atom is -0.497 e. The van der Waals surface area contributed by atoms with Gasteiger partial charge in [-0.25, -0.2) is 14.2 Å². The molecule has 212 valence electrons. The summed E-state index contributed by atoms with van der Waals surface area (Å²) in [7, 11) is 1.59. The first kappa shape index (κ1) is 29.3. The molecule has 4 aromatic rings. The normalized spacial score (nSPS) is 14.9. The zero-order valence-electron chi connectivity index (χ0n) is 22.3. The Hall–Kier alpha value is -4.16. The van der Waals surface area contributed by atoms with Crippen molar-refractivity contribution < 1.29 is 28.6 Å². The molecule has 4 aromatic carbocycles. The number of carboxylic acids is 1. The highest BCUT2D eigenvalue weighted by atomic mass is 127. The van der Waals surface area contributed by atoms with Gasteiger partial charge in [-0.2, -0.15) is 0 Å². The predicted molar refractivity (Wildman–Crippen MR) is 169 cm³/mol. The topological polar surface area (TPSA) is 88.4 Å². The van der Waals surface area contributed by atoms with Crippen molar-refractivity contribution in [3.05, 3.63) is 128 Å².